The first kappa shape index (κ1) is 13.0. The molecule has 0 spiro atoms. The molecule has 2 unspecified atom stereocenters. The van der Waals surface area contributed by atoms with E-state index < -0.39 is 0 Å². The summed E-state index contributed by atoms with van der Waals surface area (Å²) in [5, 5.41) is 0.680. The second-order valence-electron chi connectivity index (χ2n) is 5.32. The van der Waals surface area contributed by atoms with E-state index in [1.54, 1.807) is 0 Å². The van der Waals surface area contributed by atoms with Crippen LogP contribution >= 0.6 is 11.8 Å². The summed E-state index contributed by atoms with van der Waals surface area (Å²) in [5.41, 5.74) is 9.09. The van der Waals surface area contributed by atoms with Gasteiger partial charge in [0.15, 0.2) is 0 Å². The summed E-state index contributed by atoms with van der Waals surface area (Å²) in [6.07, 6.45) is 3.67. The summed E-state index contributed by atoms with van der Waals surface area (Å²) in [6.45, 7) is 4.46. The lowest BCUT2D eigenvalue weighted by Gasteiger charge is -2.18. The Bertz CT molecular complexity index is 338. The maximum absolute atomic E-state index is 6.29. The van der Waals surface area contributed by atoms with Crippen molar-refractivity contribution in [3.63, 3.8) is 0 Å². The fraction of sp³-hybridized carbons (Fsp3) is 0.600. The molecule has 0 bridgehead atoms. The Balaban J connectivity index is 1.93. The third-order valence-corrected chi connectivity index (χ3v) is 5.10. The normalized spacial score (nSPS) is 22.0. The fourth-order valence-corrected chi connectivity index (χ4v) is 3.70. The zero-order chi connectivity index (χ0) is 12.3. The fourth-order valence-electron chi connectivity index (χ4n) is 2.38. The average molecular weight is 249 g/mol. The van der Waals surface area contributed by atoms with Crippen molar-refractivity contribution in [1.29, 1.82) is 0 Å². The van der Waals surface area contributed by atoms with Crippen LogP contribution in [0.4, 0.5) is 0 Å². The number of rotatable bonds is 4. The minimum Gasteiger partial charge on any atom is -0.326 e. The van der Waals surface area contributed by atoms with E-state index in [1.165, 1.54) is 29.7 Å². The van der Waals surface area contributed by atoms with Gasteiger partial charge in [-0.15, -0.1) is 0 Å². The summed E-state index contributed by atoms with van der Waals surface area (Å²) in [4.78, 5) is 0. The molecule has 0 aromatic heterocycles. The molecule has 17 heavy (non-hydrogen) atoms. The maximum Gasteiger partial charge on any atom is 0.0202 e. The second kappa shape index (κ2) is 5.92. The van der Waals surface area contributed by atoms with Crippen molar-refractivity contribution < 1.29 is 0 Å². The number of hydrogen-bond donors (Lipinski definition) is 1. The van der Waals surface area contributed by atoms with Gasteiger partial charge in [-0.1, -0.05) is 38.1 Å². The van der Waals surface area contributed by atoms with E-state index in [4.69, 9.17) is 5.73 Å². The minimum absolute atomic E-state index is 0.326. The molecule has 0 amide bonds. The second-order valence-corrected chi connectivity index (χ2v) is 6.66. The van der Waals surface area contributed by atoms with Gasteiger partial charge in [-0.3, -0.25) is 0 Å². The van der Waals surface area contributed by atoms with Crippen molar-refractivity contribution >= 4 is 11.8 Å². The summed E-state index contributed by atoms with van der Waals surface area (Å²) >= 11 is 2.05. The Hall–Kier alpha value is -0.470. The van der Waals surface area contributed by atoms with Crippen LogP contribution in [0.25, 0.3) is 0 Å². The van der Waals surface area contributed by atoms with Crippen molar-refractivity contribution in [2.45, 2.75) is 50.3 Å². The van der Waals surface area contributed by atoms with Crippen molar-refractivity contribution in [3.05, 3.63) is 35.4 Å². The molecule has 1 aliphatic heterocycles. The molecule has 1 aliphatic rings. The number of nitrogens with two attached hydrogens (primary N) is 1. The van der Waals surface area contributed by atoms with Gasteiger partial charge in [-0.2, -0.15) is 11.8 Å². The topological polar surface area (TPSA) is 26.0 Å². The molecule has 2 rings (SSSR count). The van der Waals surface area contributed by atoms with Gasteiger partial charge in [0, 0.05) is 11.3 Å². The van der Waals surface area contributed by atoms with E-state index in [-0.39, 0.29) is 0 Å². The summed E-state index contributed by atoms with van der Waals surface area (Å²) < 4.78 is 0. The molecule has 94 valence electrons. The molecule has 2 heteroatoms. The van der Waals surface area contributed by atoms with Crippen molar-refractivity contribution in [1.82, 2.24) is 0 Å². The van der Waals surface area contributed by atoms with Crippen LogP contribution in [0, 0.1) is 0 Å². The molecule has 0 radical (unpaired) electrons. The lowest BCUT2D eigenvalue weighted by atomic mass is 9.97. The minimum atomic E-state index is 0.326. The van der Waals surface area contributed by atoms with Gasteiger partial charge in [-0.05, 0) is 42.1 Å². The first-order chi connectivity index (χ1) is 8.16. The number of hydrogen-bond acceptors (Lipinski definition) is 2. The molecule has 2 atom stereocenters. The predicted octanol–water partition coefficient (Wildman–Crippen LogP) is 3.58. The zero-order valence-electron chi connectivity index (χ0n) is 10.9. The van der Waals surface area contributed by atoms with Gasteiger partial charge < -0.3 is 5.73 Å². The molecule has 1 heterocycles. The van der Waals surface area contributed by atoms with E-state index in [0.717, 1.165) is 6.42 Å². The Morgan fingerprint density at radius 1 is 1.29 bits per heavy atom. The molecule has 1 fully saturated rings. The van der Waals surface area contributed by atoms with E-state index in [9.17, 15) is 0 Å². The smallest absolute Gasteiger partial charge is 0.0202 e. The number of thioether (sulfide) groups is 1. The zero-order valence-corrected chi connectivity index (χ0v) is 11.7. The van der Waals surface area contributed by atoms with Crippen LogP contribution in [-0.4, -0.2) is 17.0 Å². The molecular formula is C15H23NS. The van der Waals surface area contributed by atoms with Gasteiger partial charge >= 0.3 is 0 Å². The third kappa shape index (κ3) is 3.49. The van der Waals surface area contributed by atoms with Crippen LogP contribution in [0.5, 0.6) is 0 Å². The van der Waals surface area contributed by atoms with Gasteiger partial charge in [0.2, 0.25) is 0 Å². The molecule has 0 aliphatic carbocycles. The quantitative estimate of drug-likeness (QED) is 0.882. The van der Waals surface area contributed by atoms with Crippen molar-refractivity contribution in [2.24, 2.45) is 5.73 Å². The van der Waals surface area contributed by atoms with Crippen molar-refractivity contribution in [3.8, 4) is 0 Å². The van der Waals surface area contributed by atoms with Crippen LogP contribution in [0.3, 0.4) is 0 Å². The first-order valence-electron chi connectivity index (χ1n) is 6.63. The van der Waals surface area contributed by atoms with Gasteiger partial charge in [0.25, 0.3) is 0 Å². The van der Waals surface area contributed by atoms with Gasteiger partial charge in [0.05, 0.1) is 0 Å². The highest BCUT2D eigenvalue weighted by Crippen LogP contribution is 2.29. The monoisotopic (exact) mass is 249 g/mol. The van der Waals surface area contributed by atoms with Crippen LogP contribution in [0.15, 0.2) is 24.3 Å². The van der Waals surface area contributed by atoms with E-state index in [0.29, 0.717) is 17.2 Å². The highest BCUT2D eigenvalue weighted by Gasteiger charge is 2.22. The summed E-state index contributed by atoms with van der Waals surface area (Å²) in [5.74, 6) is 1.91. The highest BCUT2D eigenvalue weighted by molar-refractivity contribution is 8.00. The van der Waals surface area contributed by atoms with Gasteiger partial charge in [0.1, 0.15) is 0 Å². The van der Waals surface area contributed by atoms with Crippen molar-refractivity contribution in [2.75, 3.05) is 5.75 Å². The van der Waals surface area contributed by atoms with Gasteiger partial charge in [-0.25, -0.2) is 0 Å². The molecule has 2 N–H and O–H groups in total. The third-order valence-electron chi connectivity index (χ3n) is 3.56. The SMILES string of the molecule is CC(C)c1ccc(CC(N)C2CCCS2)cc1. The predicted molar refractivity (Wildman–Crippen MR) is 77.7 cm³/mol. The molecule has 1 aromatic carbocycles. The van der Waals surface area contributed by atoms with Crippen LogP contribution in [-0.2, 0) is 6.42 Å². The largest absolute Gasteiger partial charge is 0.326 e. The summed E-state index contributed by atoms with van der Waals surface area (Å²) in [6, 6.07) is 9.31. The molecule has 0 saturated carbocycles. The molecule has 1 nitrogen and oxygen atoms in total. The Morgan fingerprint density at radius 3 is 2.53 bits per heavy atom. The lowest BCUT2D eigenvalue weighted by molar-refractivity contribution is 0.609. The first-order valence-corrected chi connectivity index (χ1v) is 7.67. The van der Waals surface area contributed by atoms with Crippen LogP contribution in [0.1, 0.15) is 43.7 Å². The number of benzene rings is 1. The Kier molecular flexibility index (Phi) is 4.52. The Morgan fingerprint density at radius 2 is 2.00 bits per heavy atom. The van der Waals surface area contributed by atoms with E-state index in [2.05, 4.69) is 49.9 Å². The lowest BCUT2D eigenvalue weighted by Crippen LogP contribution is -2.33. The maximum atomic E-state index is 6.29. The average Bonchev–Trinajstić information content (AvgIpc) is 2.83. The standard InChI is InChI=1S/C15H23NS/c1-11(2)13-7-5-12(6-8-13)10-14(16)15-4-3-9-17-15/h5-8,11,14-15H,3-4,9-10,16H2,1-2H3. The highest BCUT2D eigenvalue weighted by atomic mass is 32.2. The van der Waals surface area contributed by atoms with E-state index in [1.807, 2.05) is 0 Å². The molecule has 1 aromatic rings. The van der Waals surface area contributed by atoms with Crippen LogP contribution in [0.2, 0.25) is 0 Å². The Labute approximate surface area is 109 Å². The van der Waals surface area contributed by atoms with Crippen LogP contribution < -0.4 is 5.73 Å². The molecular weight excluding hydrogens is 226 g/mol. The summed E-state index contributed by atoms with van der Waals surface area (Å²) in [7, 11) is 0. The van der Waals surface area contributed by atoms with E-state index >= 15 is 0 Å². The molecule has 1 saturated heterocycles.